The monoisotopic (exact) mass is 138 g/mol. The summed E-state index contributed by atoms with van der Waals surface area (Å²) in [7, 11) is 0. The second-order valence-corrected chi connectivity index (χ2v) is 1.77. The van der Waals surface area contributed by atoms with Crippen LogP contribution >= 0.6 is 0 Å². The summed E-state index contributed by atoms with van der Waals surface area (Å²) in [5.41, 5.74) is 0. The van der Waals surface area contributed by atoms with Gasteiger partial charge in [0.1, 0.15) is 0 Å². The van der Waals surface area contributed by atoms with Crippen molar-refractivity contribution in [2.45, 2.75) is 13.8 Å². The van der Waals surface area contributed by atoms with Gasteiger partial charge in [0.15, 0.2) is 0 Å². The van der Waals surface area contributed by atoms with Crippen LogP contribution in [-0.2, 0) is 0 Å². The quantitative estimate of drug-likeness (QED) is 0.618. The third-order valence-electron chi connectivity index (χ3n) is 0.848. The summed E-state index contributed by atoms with van der Waals surface area (Å²) in [6.07, 6.45) is 7.45. The summed E-state index contributed by atoms with van der Waals surface area (Å²) in [6, 6.07) is 0. The summed E-state index contributed by atoms with van der Waals surface area (Å²) in [6.45, 7) is 7.59. The molecule has 0 heterocycles. The molecular weight excluding hydrogens is 124 g/mol. The van der Waals surface area contributed by atoms with Crippen molar-refractivity contribution in [2.24, 2.45) is 0 Å². The van der Waals surface area contributed by atoms with Gasteiger partial charge in [0.05, 0.1) is 5.82 Å². The zero-order valence-corrected chi connectivity index (χ0v) is 6.52. The van der Waals surface area contributed by atoms with Crippen molar-refractivity contribution in [3.8, 4) is 0 Å². The van der Waals surface area contributed by atoms with Gasteiger partial charge < -0.3 is 10.6 Å². The Kier molecular flexibility index (Phi) is 5.25. The van der Waals surface area contributed by atoms with Gasteiger partial charge in [-0.2, -0.15) is 0 Å². The van der Waals surface area contributed by atoms with Crippen LogP contribution in [0.25, 0.3) is 0 Å². The highest BCUT2D eigenvalue weighted by Crippen LogP contribution is 1.76. The number of hydrogen-bond donors (Lipinski definition) is 2. The van der Waals surface area contributed by atoms with Crippen molar-refractivity contribution in [2.75, 3.05) is 0 Å². The Hall–Kier alpha value is -1.18. The number of hydrogen-bond acceptors (Lipinski definition) is 2. The standard InChI is InChI=1S/C8H14N2/c1-4-6-9-8(3)10-7-5-2/h4-7,9-10H,3H2,1-2H3/b6-4-,7-5-. The fraction of sp³-hybridized carbons (Fsp3) is 0.250. The van der Waals surface area contributed by atoms with Crippen LogP contribution in [0.3, 0.4) is 0 Å². The van der Waals surface area contributed by atoms with E-state index in [2.05, 4.69) is 17.2 Å². The maximum Gasteiger partial charge on any atom is 0.0992 e. The zero-order chi connectivity index (χ0) is 7.82. The minimum absolute atomic E-state index is 0.774. The first-order valence-corrected chi connectivity index (χ1v) is 3.25. The molecule has 0 unspecified atom stereocenters. The summed E-state index contributed by atoms with van der Waals surface area (Å²) in [4.78, 5) is 0. The normalized spacial score (nSPS) is 10.6. The molecule has 0 radical (unpaired) electrons. The summed E-state index contributed by atoms with van der Waals surface area (Å²) in [5, 5.41) is 5.86. The van der Waals surface area contributed by atoms with Gasteiger partial charge in [0.2, 0.25) is 0 Å². The molecule has 10 heavy (non-hydrogen) atoms. The highest BCUT2D eigenvalue weighted by molar-refractivity contribution is 4.98. The Morgan fingerprint density at radius 2 is 1.50 bits per heavy atom. The fourth-order valence-electron chi connectivity index (χ4n) is 0.410. The van der Waals surface area contributed by atoms with Crippen molar-refractivity contribution in [1.29, 1.82) is 0 Å². The van der Waals surface area contributed by atoms with Crippen LogP contribution < -0.4 is 10.6 Å². The second-order valence-electron chi connectivity index (χ2n) is 1.77. The summed E-state index contributed by atoms with van der Waals surface area (Å²) in [5.74, 6) is 0.774. The smallest absolute Gasteiger partial charge is 0.0992 e. The second kappa shape index (κ2) is 5.95. The third kappa shape index (κ3) is 4.97. The van der Waals surface area contributed by atoms with Gasteiger partial charge in [-0.3, -0.25) is 0 Å². The van der Waals surface area contributed by atoms with E-state index in [9.17, 15) is 0 Å². The maximum atomic E-state index is 3.70. The molecule has 0 aromatic heterocycles. The molecule has 0 aliphatic rings. The highest BCUT2D eigenvalue weighted by atomic mass is 15.1. The lowest BCUT2D eigenvalue weighted by Gasteiger charge is -2.02. The van der Waals surface area contributed by atoms with Gasteiger partial charge in [0.25, 0.3) is 0 Å². The Morgan fingerprint density at radius 3 is 1.80 bits per heavy atom. The third-order valence-corrected chi connectivity index (χ3v) is 0.848. The van der Waals surface area contributed by atoms with Gasteiger partial charge in [-0.05, 0) is 26.2 Å². The molecule has 56 valence electrons. The molecule has 0 fully saturated rings. The van der Waals surface area contributed by atoms with Crippen LogP contribution in [-0.4, -0.2) is 0 Å². The van der Waals surface area contributed by atoms with Gasteiger partial charge in [-0.1, -0.05) is 18.7 Å². The average molecular weight is 138 g/mol. The van der Waals surface area contributed by atoms with Crippen LogP contribution in [0.1, 0.15) is 13.8 Å². The molecule has 0 atom stereocenters. The maximum absolute atomic E-state index is 3.70. The SMILES string of the molecule is C=C(N/C=C\C)N/C=C\C. The molecule has 0 aromatic rings. The molecule has 2 N–H and O–H groups in total. The molecule has 2 heteroatoms. The molecule has 0 aromatic carbocycles. The molecule has 2 nitrogen and oxygen atoms in total. The lowest BCUT2D eigenvalue weighted by Crippen LogP contribution is -2.15. The van der Waals surface area contributed by atoms with E-state index in [1.54, 1.807) is 0 Å². The first-order chi connectivity index (χ1) is 4.81. The topological polar surface area (TPSA) is 24.1 Å². The van der Waals surface area contributed by atoms with E-state index in [1.807, 2.05) is 38.4 Å². The van der Waals surface area contributed by atoms with Crippen molar-refractivity contribution in [1.82, 2.24) is 10.6 Å². The highest BCUT2D eigenvalue weighted by Gasteiger charge is 1.79. The molecule has 0 rings (SSSR count). The van der Waals surface area contributed by atoms with E-state index < -0.39 is 0 Å². The average Bonchev–Trinajstić information content (AvgIpc) is 1.97. The van der Waals surface area contributed by atoms with E-state index >= 15 is 0 Å². The molecule has 0 saturated heterocycles. The number of rotatable bonds is 4. The van der Waals surface area contributed by atoms with E-state index in [-0.39, 0.29) is 0 Å². The van der Waals surface area contributed by atoms with E-state index in [4.69, 9.17) is 0 Å². The van der Waals surface area contributed by atoms with Gasteiger partial charge in [-0.25, -0.2) is 0 Å². The van der Waals surface area contributed by atoms with E-state index in [0.29, 0.717) is 0 Å². The van der Waals surface area contributed by atoms with Crippen LogP contribution in [0.5, 0.6) is 0 Å². The number of allylic oxidation sites excluding steroid dienone is 2. The van der Waals surface area contributed by atoms with Gasteiger partial charge >= 0.3 is 0 Å². The molecule has 0 bridgehead atoms. The molecule has 0 amide bonds. The summed E-state index contributed by atoms with van der Waals surface area (Å²) >= 11 is 0. The van der Waals surface area contributed by atoms with Crippen molar-refractivity contribution < 1.29 is 0 Å². The van der Waals surface area contributed by atoms with Crippen LogP contribution in [0, 0.1) is 0 Å². The molecule has 0 aliphatic heterocycles. The number of nitrogens with one attached hydrogen (secondary N) is 2. The minimum Gasteiger partial charge on any atom is -0.349 e. The Balaban J connectivity index is 3.44. The molecular formula is C8H14N2. The van der Waals surface area contributed by atoms with Crippen molar-refractivity contribution in [3.63, 3.8) is 0 Å². The lowest BCUT2D eigenvalue weighted by atomic mass is 10.6. The molecule has 0 spiro atoms. The first kappa shape index (κ1) is 8.82. The Labute approximate surface area is 62.3 Å². The minimum atomic E-state index is 0.774. The van der Waals surface area contributed by atoms with E-state index in [0.717, 1.165) is 5.82 Å². The predicted molar refractivity (Wildman–Crippen MR) is 45.0 cm³/mol. The first-order valence-electron chi connectivity index (χ1n) is 3.25. The predicted octanol–water partition coefficient (Wildman–Crippen LogP) is 1.70. The molecule has 0 aliphatic carbocycles. The lowest BCUT2D eigenvalue weighted by molar-refractivity contribution is 0.916. The van der Waals surface area contributed by atoms with Crippen LogP contribution in [0.4, 0.5) is 0 Å². The van der Waals surface area contributed by atoms with Crippen molar-refractivity contribution >= 4 is 0 Å². The fourth-order valence-corrected chi connectivity index (χ4v) is 0.410. The van der Waals surface area contributed by atoms with E-state index in [1.165, 1.54) is 0 Å². The summed E-state index contributed by atoms with van der Waals surface area (Å²) < 4.78 is 0. The van der Waals surface area contributed by atoms with Crippen molar-refractivity contribution in [3.05, 3.63) is 37.0 Å². The van der Waals surface area contributed by atoms with Gasteiger partial charge in [0, 0.05) is 0 Å². The Morgan fingerprint density at radius 1 is 1.10 bits per heavy atom. The van der Waals surface area contributed by atoms with Gasteiger partial charge in [-0.15, -0.1) is 0 Å². The zero-order valence-electron chi connectivity index (χ0n) is 6.52. The Bertz CT molecular complexity index is 129. The van der Waals surface area contributed by atoms with Crippen LogP contribution in [0.2, 0.25) is 0 Å². The molecule has 0 saturated carbocycles. The van der Waals surface area contributed by atoms with Crippen LogP contribution in [0.15, 0.2) is 37.0 Å². The largest absolute Gasteiger partial charge is 0.349 e.